The number of Topliss-reactive ketones (excluding diaryl/α,β-unsaturated/α-hetero) is 1. The zero-order chi connectivity index (χ0) is 30.2. The number of amides is 1. The van der Waals surface area contributed by atoms with Crippen molar-refractivity contribution in [2.45, 2.75) is 86.0 Å². The van der Waals surface area contributed by atoms with Gasteiger partial charge in [0, 0.05) is 12.6 Å². The summed E-state index contributed by atoms with van der Waals surface area (Å²) in [6, 6.07) is 5.28. The second kappa shape index (κ2) is 23.8. The zero-order valence-corrected chi connectivity index (χ0v) is 25.7. The van der Waals surface area contributed by atoms with E-state index in [0.29, 0.717) is 17.0 Å². The molecule has 0 aromatic carbocycles. The molecular formula is C30H48N4O5S. The standard InChI is InChI=1S/C17H24N4O4S.C11H18O.C2H6/c1-2-3-4-5-17(24)25-19-10-13(22)15-7-6-14(26-15)12-8-9-21(20-12)11-16(18)23;1-4-6-7-8-9-10-11(5-2)12-3;1-2/h6-9,17,19,24H,2-5,10-11H2,1H3,(H2,18,23);4,6,8-10H,5,7H2,1-3H3;1-2H3/b;6-4-,9-8?,11-10+;. The first-order valence-corrected chi connectivity index (χ1v) is 14.7. The predicted molar refractivity (Wildman–Crippen MR) is 164 cm³/mol. The molecule has 40 heavy (non-hydrogen) atoms. The van der Waals surface area contributed by atoms with Crippen LogP contribution < -0.4 is 11.2 Å². The molecule has 1 atom stereocenters. The molecule has 9 nitrogen and oxygen atoms in total. The van der Waals surface area contributed by atoms with E-state index in [1.54, 1.807) is 31.5 Å². The number of hydrogen-bond donors (Lipinski definition) is 3. The van der Waals surface area contributed by atoms with Crippen LogP contribution in [0.25, 0.3) is 10.6 Å². The van der Waals surface area contributed by atoms with Crippen LogP contribution in [0.3, 0.4) is 0 Å². The van der Waals surface area contributed by atoms with Gasteiger partial charge in [0.05, 0.1) is 29.2 Å². The number of unbranched alkanes of at least 4 members (excludes halogenated alkanes) is 2. The maximum Gasteiger partial charge on any atom is 0.239 e. The third-order valence-electron chi connectivity index (χ3n) is 5.14. The topological polar surface area (TPSA) is 129 Å². The lowest BCUT2D eigenvalue weighted by molar-refractivity contribution is -0.147. The van der Waals surface area contributed by atoms with Gasteiger partial charge in [0.25, 0.3) is 0 Å². The van der Waals surface area contributed by atoms with Gasteiger partial charge in [0.15, 0.2) is 12.1 Å². The van der Waals surface area contributed by atoms with E-state index in [9.17, 15) is 14.7 Å². The van der Waals surface area contributed by atoms with E-state index in [1.807, 2.05) is 39.0 Å². The summed E-state index contributed by atoms with van der Waals surface area (Å²) in [6.07, 6.45) is 16.5. The van der Waals surface area contributed by atoms with Crippen LogP contribution in [0.5, 0.6) is 0 Å². The Morgan fingerprint density at radius 1 is 1.20 bits per heavy atom. The van der Waals surface area contributed by atoms with Crippen molar-refractivity contribution in [1.82, 2.24) is 15.3 Å². The Hall–Kier alpha value is -3.05. The van der Waals surface area contributed by atoms with Gasteiger partial charge in [-0.1, -0.05) is 64.8 Å². The van der Waals surface area contributed by atoms with Gasteiger partial charge in [-0.15, -0.1) is 11.3 Å². The third kappa shape index (κ3) is 16.8. The van der Waals surface area contributed by atoms with Crippen molar-refractivity contribution in [2.24, 2.45) is 5.73 Å². The Morgan fingerprint density at radius 2 is 1.95 bits per heavy atom. The van der Waals surface area contributed by atoms with Crippen LogP contribution in [0, 0.1) is 0 Å². The van der Waals surface area contributed by atoms with E-state index >= 15 is 0 Å². The van der Waals surface area contributed by atoms with Gasteiger partial charge >= 0.3 is 0 Å². The zero-order valence-electron chi connectivity index (χ0n) is 24.9. The first-order valence-electron chi connectivity index (χ1n) is 13.9. The molecule has 0 fully saturated rings. The van der Waals surface area contributed by atoms with Crippen LogP contribution in [0.4, 0.5) is 0 Å². The summed E-state index contributed by atoms with van der Waals surface area (Å²) >= 11 is 1.30. The van der Waals surface area contributed by atoms with E-state index in [4.69, 9.17) is 15.3 Å². The van der Waals surface area contributed by atoms with E-state index < -0.39 is 12.2 Å². The normalized spacial score (nSPS) is 12.0. The molecule has 2 aromatic rings. The molecule has 4 N–H and O–H groups in total. The molecule has 0 aliphatic heterocycles. The average molecular weight is 577 g/mol. The van der Waals surface area contributed by atoms with E-state index in [0.717, 1.165) is 42.7 Å². The Balaban J connectivity index is 0.000000916. The largest absolute Gasteiger partial charge is 0.501 e. The summed E-state index contributed by atoms with van der Waals surface area (Å²) in [5.74, 6) is 0.412. The summed E-state index contributed by atoms with van der Waals surface area (Å²) in [6.45, 7) is 10.2. The second-order valence-electron chi connectivity index (χ2n) is 8.26. The summed E-state index contributed by atoms with van der Waals surface area (Å²) < 4.78 is 6.55. The van der Waals surface area contributed by atoms with Gasteiger partial charge < -0.3 is 15.6 Å². The number of nitrogens with two attached hydrogens (primary N) is 1. The van der Waals surface area contributed by atoms with Crippen molar-refractivity contribution in [1.29, 1.82) is 0 Å². The molecule has 0 spiro atoms. The van der Waals surface area contributed by atoms with Crippen molar-refractivity contribution in [3.05, 3.63) is 65.4 Å². The number of aromatic nitrogens is 2. The van der Waals surface area contributed by atoms with Gasteiger partial charge in [-0.2, -0.15) is 10.6 Å². The number of hydrogen-bond acceptors (Lipinski definition) is 8. The quantitative estimate of drug-likeness (QED) is 0.0390. The van der Waals surface area contributed by atoms with Crippen LogP contribution >= 0.6 is 11.3 Å². The third-order valence-corrected chi connectivity index (χ3v) is 6.28. The maximum absolute atomic E-state index is 12.2. The molecule has 0 radical (unpaired) electrons. The molecule has 0 bridgehead atoms. The molecule has 0 saturated carbocycles. The number of hydroxylamine groups is 1. The lowest BCUT2D eigenvalue weighted by Gasteiger charge is -2.11. The summed E-state index contributed by atoms with van der Waals surface area (Å²) in [5, 5.41) is 13.9. The number of aliphatic hydroxyl groups excluding tert-OH is 1. The number of ether oxygens (including phenoxy) is 1. The van der Waals surface area contributed by atoms with Crippen LogP contribution in [-0.4, -0.2) is 46.5 Å². The number of thiophene rings is 1. The van der Waals surface area contributed by atoms with E-state index in [-0.39, 0.29) is 18.9 Å². The Labute approximate surface area is 243 Å². The number of carbonyl (C=O) groups excluding carboxylic acids is 2. The van der Waals surface area contributed by atoms with Gasteiger partial charge in [-0.25, -0.2) is 0 Å². The fourth-order valence-corrected chi connectivity index (χ4v) is 3.99. The van der Waals surface area contributed by atoms with Crippen molar-refractivity contribution >= 4 is 23.0 Å². The number of methoxy groups -OCH3 is 1. The van der Waals surface area contributed by atoms with Crippen LogP contribution in [0.1, 0.15) is 82.8 Å². The Bertz CT molecular complexity index is 1040. The lowest BCUT2D eigenvalue weighted by Crippen LogP contribution is -2.28. The number of ketones is 1. The van der Waals surface area contributed by atoms with Gasteiger partial charge in [-0.05, 0) is 50.5 Å². The molecular weight excluding hydrogens is 528 g/mol. The molecule has 224 valence electrons. The molecule has 2 aromatic heterocycles. The summed E-state index contributed by atoms with van der Waals surface area (Å²) in [7, 11) is 1.70. The molecule has 0 aliphatic carbocycles. The molecule has 1 amide bonds. The number of rotatable bonds is 17. The highest BCUT2D eigenvalue weighted by Gasteiger charge is 2.13. The number of carbonyl (C=O) groups is 2. The average Bonchev–Trinajstić information content (AvgIpc) is 3.62. The molecule has 2 rings (SSSR count). The van der Waals surface area contributed by atoms with Crippen molar-refractivity contribution in [2.75, 3.05) is 13.7 Å². The van der Waals surface area contributed by atoms with Crippen LogP contribution in [0.2, 0.25) is 0 Å². The lowest BCUT2D eigenvalue weighted by atomic mass is 10.2. The summed E-state index contributed by atoms with van der Waals surface area (Å²) in [5.41, 5.74) is 8.33. The minimum Gasteiger partial charge on any atom is -0.501 e. The highest BCUT2D eigenvalue weighted by Crippen LogP contribution is 2.27. The van der Waals surface area contributed by atoms with Gasteiger partial charge in [-0.3, -0.25) is 19.1 Å². The number of nitrogens with zero attached hydrogens (tertiary/aromatic N) is 2. The number of allylic oxidation sites excluding steroid dienone is 6. The molecule has 0 saturated heterocycles. The molecule has 0 aliphatic rings. The second-order valence-corrected chi connectivity index (χ2v) is 9.35. The first-order chi connectivity index (χ1) is 19.3. The van der Waals surface area contributed by atoms with Gasteiger partial charge in [0.2, 0.25) is 5.91 Å². The molecule has 2 heterocycles. The molecule has 10 heteroatoms. The van der Waals surface area contributed by atoms with Crippen LogP contribution in [0.15, 0.2) is 60.5 Å². The van der Waals surface area contributed by atoms with Crippen LogP contribution in [-0.2, 0) is 20.9 Å². The van der Waals surface area contributed by atoms with Crippen molar-refractivity contribution < 1.29 is 24.3 Å². The first kappa shape index (κ1) is 37.0. The fraction of sp³-hybridized carbons (Fsp3) is 0.500. The fourth-order valence-electron chi connectivity index (χ4n) is 3.08. The highest BCUT2D eigenvalue weighted by molar-refractivity contribution is 7.17. The minimum atomic E-state index is -0.914. The smallest absolute Gasteiger partial charge is 0.239 e. The van der Waals surface area contributed by atoms with E-state index in [2.05, 4.69) is 36.6 Å². The number of aliphatic hydroxyl groups is 1. The highest BCUT2D eigenvalue weighted by atomic mass is 32.1. The SMILES string of the molecule is C/C=C\CC=C/C=C(\CC)OC.CC.CCCCCC(O)ONCC(=O)c1ccc(-c2ccn(CC(N)=O)n2)s1. The Kier molecular flexibility index (Phi) is 22.0. The molecule has 1 unspecified atom stereocenters. The van der Waals surface area contributed by atoms with E-state index in [1.165, 1.54) is 16.0 Å². The van der Waals surface area contributed by atoms with Crippen molar-refractivity contribution in [3.8, 4) is 10.6 Å². The Morgan fingerprint density at radius 3 is 2.58 bits per heavy atom. The van der Waals surface area contributed by atoms with Gasteiger partial charge in [0.1, 0.15) is 12.2 Å². The predicted octanol–water partition coefficient (Wildman–Crippen LogP) is 6.17. The number of primary amides is 1. The number of nitrogens with one attached hydrogen (secondary N) is 1. The van der Waals surface area contributed by atoms with Crippen molar-refractivity contribution in [3.63, 3.8) is 0 Å². The summed E-state index contributed by atoms with van der Waals surface area (Å²) in [4.78, 5) is 29.5. The monoisotopic (exact) mass is 576 g/mol. The maximum atomic E-state index is 12.2. The minimum absolute atomic E-state index is 0.0129.